The van der Waals surface area contributed by atoms with Crippen molar-refractivity contribution in [1.82, 2.24) is 20.1 Å². The van der Waals surface area contributed by atoms with Crippen LogP contribution in [0, 0.1) is 11.3 Å². The number of hydrogen-bond acceptors (Lipinski definition) is 5. The fraction of sp³-hybridized carbons (Fsp3) is 0.552. The molecule has 3 fully saturated rings. The summed E-state index contributed by atoms with van der Waals surface area (Å²) in [6.45, 7) is 4.24. The molecule has 2 saturated heterocycles. The van der Waals surface area contributed by atoms with Gasteiger partial charge in [0.1, 0.15) is 5.75 Å². The summed E-state index contributed by atoms with van der Waals surface area (Å²) in [5, 5.41) is 3.27. The third-order valence-corrected chi connectivity index (χ3v) is 8.52. The molecule has 1 saturated carbocycles. The summed E-state index contributed by atoms with van der Waals surface area (Å²) in [5.41, 5.74) is 1.86. The highest BCUT2D eigenvalue weighted by Gasteiger charge is 2.47. The van der Waals surface area contributed by atoms with Crippen LogP contribution in [0.1, 0.15) is 62.2 Å². The number of benzene rings is 1. The Bertz CT molecular complexity index is 1040. The molecule has 1 N–H and O–H groups in total. The van der Waals surface area contributed by atoms with Gasteiger partial charge in [-0.05, 0) is 81.4 Å². The van der Waals surface area contributed by atoms with Crippen LogP contribution in [0.4, 0.5) is 0 Å². The molecule has 38 heavy (non-hydrogen) atoms. The van der Waals surface area contributed by atoms with Crippen LogP contribution in [-0.4, -0.2) is 59.9 Å². The van der Waals surface area contributed by atoms with Crippen LogP contribution in [-0.2, 0) is 16.1 Å². The number of piperidine rings is 1. The molecule has 3 aliphatic rings. The Labute approximate surface area is 238 Å². The highest BCUT2D eigenvalue weighted by molar-refractivity contribution is 5.86. The fourth-order valence-corrected chi connectivity index (χ4v) is 5.81. The van der Waals surface area contributed by atoms with Crippen molar-refractivity contribution >= 4 is 36.6 Å². The molecule has 3 heterocycles. The second-order valence-electron chi connectivity index (χ2n) is 10.7. The molecule has 1 aromatic heterocycles. The Morgan fingerprint density at radius 3 is 2.39 bits per heavy atom. The quantitative estimate of drug-likeness (QED) is 0.475. The highest BCUT2D eigenvalue weighted by Crippen LogP contribution is 2.42. The van der Waals surface area contributed by atoms with Crippen LogP contribution < -0.4 is 10.1 Å². The van der Waals surface area contributed by atoms with Gasteiger partial charge in [-0.2, -0.15) is 0 Å². The number of carbonyl (C=O) groups excluding carboxylic acids is 2. The Morgan fingerprint density at radius 1 is 1.08 bits per heavy atom. The molecule has 2 aliphatic heterocycles. The average molecular weight is 564 g/mol. The standard InChI is InChI=1S/C29H38N4O3.2ClH/c1-36-24-10-8-22(9-11-24)21-33-20-15-29(28(33)35)13-18-32(19-14-29)17-12-26(25-7-2-3-16-30-25)31-27(34)23-5-4-6-23;;/h2-3,7-11,16,23,26H,4-6,12-15,17-21H2,1H3,(H,31,34);2*1H. The number of aromatic nitrogens is 1. The van der Waals surface area contributed by atoms with Crippen molar-refractivity contribution in [3.63, 3.8) is 0 Å². The molecule has 1 unspecified atom stereocenters. The Hall–Kier alpha value is -2.35. The average Bonchev–Trinajstić information content (AvgIpc) is 3.17. The maximum atomic E-state index is 13.4. The van der Waals surface area contributed by atoms with Crippen LogP contribution in [0.3, 0.4) is 0 Å². The van der Waals surface area contributed by atoms with E-state index in [4.69, 9.17) is 4.74 Å². The van der Waals surface area contributed by atoms with E-state index in [0.717, 1.165) is 88.1 Å². The third-order valence-electron chi connectivity index (χ3n) is 8.52. The number of nitrogens with zero attached hydrogens (tertiary/aromatic N) is 3. The van der Waals surface area contributed by atoms with E-state index in [-0.39, 0.29) is 48.1 Å². The number of ether oxygens (including phenoxy) is 1. The molecule has 0 radical (unpaired) electrons. The number of pyridine rings is 1. The van der Waals surface area contributed by atoms with Crippen LogP contribution in [0.2, 0.25) is 0 Å². The summed E-state index contributed by atoms with van der Waals surface area (Å²) < 4.78 is 5.25. The second-order valence-corrected chi connectivity index (χ2v) is 10.7. The number of likely N-dealkylation sites (tertiary alicyclic amines) is 2. The Balaban J connectivity index is 0.00000200. The van der Waals surface area contributed by atoms with Gasteiger partial charge in [0, 0.05) is 31.7 Å². The van der Waals surface area contributed by atoms with Crippen molar-refractivity contribution in [2.24, 2.45) is 11.3 Å². The number of rotatable bonds is 9. The molecular formula is C29H40Cl2N4O3. The van der Waals surface area contributed by atoms with Crippen molar-refractivity contribution in [1.29, 1.82) is 0 Å². The summed E-state index contributed by atoms with van der Waals surface area (Å²) in [7, 11) is 1.67. The van der Waals surface area contributed by atoms with Crippen molar-refractivity contribution < 1.29 is 14.3 Å². The summed E-state index contributed by atoms with van der Waals surface area (Å²) in [4.78, 5) is 35.1. The van der Waals surface area contributed by atoms with Gasteiger partial charge in [0.15, 0.2) is 0 Å². The van der Waals surface area contributed by atoms with Gasteiger partial charge in [0.2, 0.25) is 11.8 Å². The molecule has 2 amide bonds. The lowest BCUT2D eigenvalue weighted by molar-refractivity contribution is -0.139. The van der Waals surface area contributed by atoms with Crippen molar-refractivity contribution in [3.05, 3.63) is 59.9 Å². The van der Waals surface area contributed by atoms with Crippen molar-refractivity contribution in [2.45, 2.75) is 57.5 Å². The molecule has 1 spiro atoms. The van der Waals surface area contributed by atoms with Crippen LogP contribution in [0.25, 0.3) is 0 Å². The van der Waals surface area contributed by atoms with E-state index in [0.29, 0.717) is 12.5 Å². The Kier molecular flexibility index (Phi) is 10.8. The summed E-state index contributed by atoms with van der Waals surface area (Å²) in [5.74, 6) is 1.49. The second kappa shape index (κ2) is 13.6. The predicted molar refractivity (Wildman–Crippen MR) is 153 cm³/mol. The van der Waals surface area contributed by atoms with Crippen LogP contribution in [0.15, 0.2) is 48.7 Å². The summed E-state index contributed by atoms with van der Waals surface area (Å²) in [6, 6.07) is 13.8. The van der Waals surface area contributed by atoms with E-state index >= 15 is 0 Å². The lowest BCUT2D eigenvalue weighted by Crippen LogP contribution is -2.45. The maximum absolute atomic E-state index is 13.4. The van der Waals surface area contributed by atoms with E-state index in [1.165, 1.54) is 0 Å². The molecule has 1 aliphatic carbocycles. The largest absolute Gasteiger partial charge is 0.497 e. The highest BCUT2D eigenvalue weighted by atomic mass is 35.5. The van der Waals surface area contributed by atoms with E-state index in [1.807, 2.05) is 47.4 Å². The molecule has 9 heteroatoms. The van der Waals surface area contributed by atoms with E-state index in [1.54, 1.807) is 13.3 Å². The van der Waals surface area contributed by atoms with Gasteiger partial charge in [-0.1, -0.05) is 24.6 Å². The zero-order chi connectivity index (χ0) is 25.0. The fourth-order valence-electron chi connectivity index (χ4n) is 5.81. The van der Waals surface area contributed by atoms with E-state index in [2.05, 4.69) is 15.2 Å². The minimum absolute atomic E-state index is 0. The van der Waals surface area contributed by atoms with Gasteiger partial charge in [0.25, 0.3) is 0 Å². The SMILES string of the molecule is COc1ccc(CN2CCC3(CCN(CCC(NC(=O)C4CCC4)c4ccccn4)CC3)C2=O)cc1.Cl.Cl. The molecule has 7 nitrogen and oxygen atoms in total. The monoisotopic (exact) mass is 562 g/mol. The lowest BCUT2D eigenvalue weighted by atomic mass is 9.77. The molecule has 2 aromatic rings. The first-order chi connectivity index (χ1) is 17.6. The van der Waals surface area contributed by atoms with E-state index < -0.39 is 0 Å². The topological polar surface area (TPSA) is 74.8 Å². The minimum atomic E-state index is -0.207. The molecule has 5 rings (SSSR count). The number of hydrogen-bond donors (Lipinski definition) is 1. The Morgan fingerprint density at radius 2 is 1.79 bits per heavy atom. The van der Waals surface area contributed by atoms with Crippen molar-refractivity contribution in [2.75, 3.05) is 33.3 Å². The predicted octanol–water partition coefficient (Wildman–Crippen LogP) is 4.80. The van der Waals surface area contributed by atoms with Gasteiger partial charge < -0.3 is 19.9 Å². The van der Waals surface area contributed by atoms with Gasteiger partial charge in [-0.15, -0.1) is 24.8 Å². The lowest BCUT2D eigenvalue weighted by Gasteiger charge is -2.38. The van der Waals surface area contributed by atoms with Gasteiger partial charge >= 0.3 is 0 Å². The van der Waals surface area contributed by atoms with Gasteiger partial charge in [0.05, 0.1) is 24.3 Å². The maximum Gasteiger partial charge on any atom is 0.229 e. The number of amides is 2. The molecular weight excluding hydrogens is 523 g/mol. The normalized spacial score (nSPS) is 19.7. The van der Waals surface area contributed by atoms with Crippen LogP contribution >= 0.6 is 24.8 Å². The zero-order valence-corrected chi connectivity index (χ0v) is 23.8. The van der Waals surface area contributed by atoms with Gasteiger partial charge in [-0.3, -0.25) is 14.6 Å². The van der Waals surface area contributed by atoms with Gasteiger partial charge in [-0.25, -0.2) is 0 Å². The number of carbonyl (C=O) groups is 2. The molecule has 1 atom stereocenters. The first-order valence-corrected chi connectivity index (χ1v) is 13.4. The van der Waals surface area contributed by atoms with Crippen molar-refractivity contribution in [3.8, 4) is 5.75 Å². The molecule has 208 valence electrons. The van der Waals surface area contributed by atoms with E-state index in [9.17, 15) is 9.59 Å². The smallest absolute Gasteiger partial charge is 0.229 e. The zero-order valence-electron chi connectivity index (χ0n) is 22.1. The van der Waals surface area contributed by atoms with Crippen LogP contribution in [0.5, 0.6) is 5.75 Å². The third kappa shape index (κ3) is 6.80. The first-order valence-electron chi connectivity index (χ1n) is 13.4. The first kappa shape index (κ1) is 30.2. The minimum Gasteiger partial charge on any atom is -0.497 e. The number of halogens is 2. The summed E-state index contributed by atoms with van der Waals surface area (Å²) >= 11 is 0. The molecule has 0 bridgehead atoms. The number of methoxy groups -OCH3 is 1. The molecule has 1 aromatic carbocycles. The number of nitrogens with one attached hydrogen (secondary N) is 1. The summed E-state index contributed by atoms with van der Waals surface area (Å²) in [6.07, 6.45) is 8.55.